The van der Waals surface area contributed by atoms with Gasteiger partial charge in [-0.05, 0) is 87.4 Å². The van der Waals surface area contributed by atoms with Gasteiger partial charge >= 0.3 is 0 Å². The molecule has 20 heavy (non-hydrogen) atoms. The van der Waals surface area contributed by atoms with Gasteiger partial charge in [0.1, 0.15) is 5.78 Å². The average Bonchev–Trinajstić information content (AvgIpc) is 2.91. The number of hydrogen-bond donors (Lipinski definition) is 0. The summed E-state index contributed by atoms with van der Waals surface area (Å²) in [5.74, 6) is 6.80. The fourth-order valence-electron chi connectivity index (χ4n) is 6.99. The Kier molecular flexibility index (Phi) is 3.43. The number of Topliss-reactive ketones (excluding diaryl/α,β-unsaturated/α-hetero) is 1. The monoisotopic (exact) mass is 274 g/mol. The molecule has 4 aliphatic rings. The molecule has 0 aromatic heterocycles. The summed E-state index contributed by atoms with van der Waals surface area (Å²) in [4.78, 5) is 11.9. The molecule has 0 spiro atoms. The van der Waals surface area contributed by atoms with E-state index in [1.807, 2.05) is 6.92 Å². The second kappa shape index (κ2) is 5.14. The summed E-state index contributed by atoms with van der Waals surface area (Å²) in [5.41, 5.74) is 0. The Morgan fingerprint density at radius 1 is 0.650 bits per heavy atom. The van der Waals surface area contributed by atoms with E-state index < -0.39 is 0 Å². The normalized spacial score (nSPS) is 51.0. The van der Waals surface area contributed by atoms with Crippen molar-refractivity contribution >= 4 is 5.78 Å². The van der Waals surface area contributed by atoms with Gasteiger partial charge in [0.05, 0.1) is 0 Å². The molecule has 0 saturated heterocycles. The third-order valence-corrected chi connectivity index (χ3v) is 7.72. The van der Waals surface area contributed by atoms with Crippen LogP contribution in [0.2, 0.25) is 0 Å². The fourth-order valence-corrected chi connectivity index (χ4v) is 6.99. The van der Waals surface area contributed by atoms with Crippen LogP contribution in [0.25, 0.3) is 0 Å². The molecule has 0 radical (unpaired) electrons. The van der Waals surface area contributed by atoms with E-state index in [4.69, 9.17) is 0 Å². The number of rotatable bonds is 1. The molecule has 0 aliphatic heterocycles. The Hall–Kier alpha value is -0.330. The summed E-state index contributed by atoms with van der Waals surface area (Å²) >= 11 is 0. The maximum atomic E-state index is 11.9. The number of hydrogen-bond acceptors (Lipinski definition) is 1. The van der Waals surface area contributed by atoms with Crippen molar-refractivity contribution in [1.82, 2.24) is 0 Å². The second-order valence-corrected chi connectivity index (χ2v) is 8.31. The summed E-state index contributed by atoms with van der Waals surface area (Å²) < 4.78 is 0. The maximum absolute atomic E-state index is 11.9. The minimum atomic E-state index is 0.435. The fraction of sp³-hybridized carbons (Fsp3) is 0.947. The van der Waals surface area contributed by atoms with Gasteiger partial charge in [0, 0.05) is 5.92 Å². The summed E-state index contributed by atoms with van der Waals surface area (Å²) in [6.07, 6.45) is 14.5. The van der Waals surface area contributed by atoms with E-state index in [1.54, 1.807) is 0 Å². The lowest BCUT2D eigenvalue weighted by Gasteiger charge is -2.52. The number of carbonyl (C=O) groups is 1. The molecule has 0 bridgehead atoms. The molecule has 4 fully saturated rings. The summed E-state index contributed by atoms with van der Waals surface area (Å²) in [5, 5.41) is 0. The van der Waals surface area contributed by atoms with Crippen LogP contribution in [0.1, 0.15) is 71.1 Å². The van der Waals surface area contributed by atoms with E-state index in [2.05, 4.69) is 0 Å². The zero-order chi connectivity index (χ0) is 13.7. The number of fused-ring (bicyclic) bond motifs is 5. The van der Waals surface area contributed by atoms with Crippen LogP contribution in [0.3, 0.4) is 0 Å². The number of carbonyl (C=O) groups excluding carboxylic acids is 1. The van der Waals surface area contributed by atoms with E-state index in [0.29, 0.717) is 11.7 Å². The third-order valence-electron chi connectivity index (χ3n) is 7.72. The van der Waals surface area contributed by atoms with Gasteiger partial charge in [0.25, 0.3) is 0 Å². The Morgan fingerprint density at radius 3 is 2.10 bits per heavy atom. The van der Waals surface area contributed by atoms with Crippen LogP contribution in [0.15, 0.2) is 0 Å². The van der Waals surface area contributed by atoms with Crippen molar-refractivity contribution in [3.8, 4) is 0 Å². The molecule has 4 rings (SSSR count). The smallest absolute Gasteiger partial charge is 0.133 e. The minimum Gasteiger partial charge on any atom is -0.300 e. The zero-order valence-corrected chi connectivity index (χ0v) is 13.0. The number of ketones is 1. The van der Waals surface area contributed by atoms with Gasteiger partial charge in [0.2, 0.25) is 0 Å². The van der Waals surface area contributed by atoms with Crippen molar-refractivity contribution in [3.63, 3.8) is 0 Å². The lowest BCUT2D eigenvalue weighted by Crippen LogP contribution is -2.44. The molecule has 0 aromatic carbocycles. The topological polar surface area (TPSA) is 17.1 Å². The van der Waals surface area contributed by atoms with Crippen LogP contribution in [0.4, 0.5) is 0 Å². The molecule has 0 N–H and O–H groups in total. The first-order valence-corrected chi connectivity index (χ1v) is 9.26. The first-order chi connectivity index (χ1) is 9.75. The van der Waals surface area contributed by atoms with Crippen LogP contribution < -0.4 is 0 Å². The largest absolute Gasteiger partial charge is 0.300 e. The van der Waals surface area contributed by atoms with E-state index in [1.165, 1.54) is 64.2 Å². The highest BCUT2D eigenvalue weighted by Gasteiger charge is 2.51. The molecule has 2 unspecified atom stereocenters. The van der Waals surface area contributed by atoms with Crippen LogP contribution >= 0.6 is 0 Å². The Labute approximate surface area is 123 Å². The van der Waals surface area contributed by atoms with Crippen molar-refractivity contribution in [2.24, 2.45) is 41.4 Å². The predicted molar refractivity (Wildman–Crippen MR) is 81.3 cm³/mol. The third kappa shape index (κ3) is 1.99. The van der Waals surface area contributed by atoms with Crippen LogP contribution in [-0.2, 0) is 4.79 Å². The van der Waals surface area contributed by atoms with Crippen LogP contribution in [0, 0.1) is 41.4 Å². The van der Waals surface area contributed by atoms with Gasteiger partial charge in [-0.25, -0.2) is 0 Å². The molecule has 0 aromatic rings. The Balaban J connectivity index is 1.53. The van der Waals surface area contributed by atoms with E-state index in [-0.39, 0.29) is 0 Å². The van der Waals surface area contributed by atoms with Crippen molar-refractivity contribution in [3.05, 3.63) is 0 Å². The highest BCUT2D eigenvalue weighted by Crippen LogP contribution is 2.59. The van der Waals surface area contributed by atoms with Crippen molar-refractivity contribution in [2.75, 3.05) is 0 Å². The van der Waals surface area contributed by atoms with Gasteiger partial charge < -0.3 is 0 Å². The Bertz CT molecular complexity index is 387. The summed E-state index contributed by atoms with van der Waals surface area (Å²) in [7, 11) is 0. The van der Waals surface area contributed by atoms with Crippen molar-refractivity contribution < 1.29 is 4.79 Å². The van der Waals surface area contributed by atoms with E-state index in [0.717, 1.165) is 35.5 Å². The first-order valence-electron chi connectivity index (χ1n) is 9.26. The molecule has 1 nitrogen and oxygen atoms in total. The highest BCUT2D eigenvalue weighted by atomic mass is 16.1. The van der Waals surface area contributed by atoms with Gasteiger partial charge in [-0.1, -0.05) is 19.3 Å². The van der Waals surface area contributed by atoms with E-state index in [9.17, 15) is 4.79 Å². The summed E-state index contributed by atoms with van der Waals surface area (Å²) in [6.45, 7) is 1.84. The van der Waals surface area contributed by atoms with Crippen molar-refractivity contribution in [1.29, 1.82) is 0 Å². The molecule has 7 atom stereocenters. The minimum absolute atomic E-state index is 0.435. The van der Waals surface area contributed by atoms with Crippen LogP contribution in [0.5, 0.6) is 0 Å². The molecule has 0 amide bonds. The quantitative estimate of drug-likeness (QED) is 0.668. The molecule has 0 heterocycles. The lowest BCUT2D eigenvalue weighted by molar-refractivity contribution is -0.123. The second-order valence-electron chi connectivity index (χ2n) is 8.31. The standard InChI is InChI=1S/C19H30O/c1-12(20)14-8-9-19-16(14)10-11-17-15-5-3-2-4-13(15)6-7-18(17)19/h13-19H,2-11H2,1H3/t13?,14?,15-,16+,17+,18+,19+/m0/s1. The van der Waals surface area contributed by atoms with E-state index >= 15 is 0 Å². The maximum Gasteiger partial charge on any atom is 0.133 e. The average molecular weight is 274 g/mol. The lowest BCUT2D eigenvalue weighted by atomic mass is 9.53. The van der Waals surface area contributed by atoms with Crippen molar-refractivity contribution in [2.45, 2.75) is 71.1 Å². The van der Waals surface area contributed by atoms with Gasteiger partial charge in [0.15, 0.2) is 0 Å². The summed E-state index contributed by atoms with van der Waals surface area (Å²) in [6, 6.07) is 0. The van der Waals surface area contributed by atoms with Gasteiger partial charge in [-0.15, -0.1) is 0 Å². The highest BCUT2D eigenvalue weighted by molar-refractivity contribution is 5.79. The molecular weight excluding hydrogens is 244 g/mol. The molecule has 4 aliphatic carbocycles. The molecular formula is C19H30O. The molecule has 4 saturated carbocycles. The zero-order valence-electron chi connectivity index (χ0n) is 13.0. The molecule has 112 valence electrons. The Morgan fingerprint density at radius 2 is 1.25 bits per heavy atom. The van der Waals surface area contributed by atoms with Gasteiger partial charge in [-0.3, -0.25) is 4.79 Å². The molecule has 1 heteroatoms. The van der Waals surface area contributed by atoms with Gasteiger partial charge in [-0.2, -0.15) is 0 Å². The SMILES string of the molecule is CC(=O)C1CC[C@H]2[C@@H]3CCC4CCCC[C@@H]4[C@H]3CC[C@H]12. The first kappa shape index (κ1) is 13.3. The van der Waals surface area contributed by atoms with Crippen LogP contribution in [-0.4, -0.2) is 5.78 Å². The predicted octanol–water partition coefficient (Wildman–Crippen LogP) is 4.84.